The molecule has 0 heterocycles. The van der Waals surface area contributed by atoms with Crippen LogP contribution in [0.5, 0.6) is 5.75 Å². The summed E-state index contributed by atoms with van der Waals surface area (Å²) in [6.45, 7) is 1.79. The summed E-state index contributed by atoms with van der Waals surface area (Å²) >= 11 is 0. The Morgan fingerprint density at radius 1 is 1.50 bits per heavy atom. The zero-order valence-electron chi connectivity index (χ0n) is 7.87. The lowest BCUT2D eigenvalue weighted by Gasteiger charge is -2.04. The zero-order chi connectivity index (χ0) is 10.1. The number of anilines is 1. The number of phenols is 1. The standard InChI is InChI=1S/C11H11NO2/c1-7-6-9(4-5-10(7)13)12-11(14)8-2-3-8/h2,4-6,13H,3H2,1H3,(H,12,14). The Bertz CT molecular complexity index is 421. The maximum Gasteiger partial charge on any atom is 0.251 e. The number of rotatable bonds is 2. The third-order valence-corrected chi connectivity index (χ3v) is 2.15. The van der Waals surface area contributed by atoms with Gasteiger partial charge in [0.1, 0.15) is 5.75 Å². The monoisotopic (exact) mass is 189 g/mol. The number of carbonyl (C=O) groups is 1. The fraction of sp³-hybridized carbons (Fsp3) is 0.182. The number of aromatic hydroxyl groups is 1. The molecule has 0 fully saturated rings. The SMILES string of the molecule is Cc1cc(NC(=O)C2=CC2)ccc1O. The van der Waals surface area contributed by atoms with Crippen molar-refractivity contribution in [2.75, 3.05) is 5.32 Å². The average molecular weight is 189 g/mol. The Morgan fingerprint density at radius 2 is 2.21 bits per heavy atom. The van der Waals surface area contributed by atoms with Gasteiger partial charge in [-0.15, -0.1) is 0 Å². The third kappa shape index (κ3) is 1.76. The molecule has 0 atom stereocenters. The molecule has 0 bridgehead atoms. The minimum absolute atomic E-state index is 0.0462. The molecule has 3 heteroatoms. The largest absolute Gasteiger partial charge is 0.508 e. The first-order chi connectivity index (χ1) is 6.66. The van der Waals surface area contributed by atoms with Gasteiger partial charge < -0.3 is 10.4 Å². The second kappa shape index (κ2) is 3.18. The summed E-state index contributed by atoms with van der Waals surface area (Å²) in [5.74, 6) is 0.198. The van der Waals surface area contributed by atoms with Gasteiger partial charge in [0.25, 0.3) is 5.91 Å². The van der Waals surface area contributed by atoms with E-state index in [1.165, 1.54) is 0 Å². The van der Waals surface area contributed by atoms with Crippen molar-refractivity contribution in [1.82, 2.24) is 0 Å². The van der Waals surface area contributed by atoms with Crippen molar-refractivity contribution in [3.8, 4) is 5.75 Å². The molecule has 14 heavy (non-hydrogen) atoms. The molecule has 1 amide bonds. The summed E-state index contributed by atoms with van der Waals surface area (Å²) < 4.78 is 0. The summed E-state index contributed by atoms with van der Waals surface area (Å²) in [4.78, 5) is 11.3. The predicted molar refractivity (Wildman–Crippen MR) is 54.2 cm³/mol. The molecule has 0 saturated heterocycles. The summed E-state index contributed by atoms with van der Waals surface area (Å²) in [6, 6.07) is 5.01. The zero-order valence-corrected chi connectivity index (χ0v) is 7.87. The summed E-state index contributed by atoms with van der Waals surface area (Å²) in [5, 5.41) is 12.0. The number of hydrogen-bond donors (Lipinski definition) is 2. The number of benzene rings is 1. The number of hydrogen-bond acceptors (Lipinski definition) is 2. The number of amides is 1. The van der Waals surface area contributed by atoms with Crippen LogP contribution in [0.1, 0.15) is 12.0 Å². The first-order valence-corrected chi connectivity index (χ1v) is 4.47. The molecule has 1 aliphatic carbocycles. The normalized spacial score (nSPS) is 13.4. The minimum Gasteiger partial charge on any atom is -0.508 e. The smallest absolute Gasteiger partial charge is 0.251 e. The van der Waals surface area contributed by atoms with E-state index in [1.54, 1.807) is 25.1 Å². The first kappa shape index (κ1) is 8.81. The van der Waals surface area contributed by atoms with Crippen LogP contribution in [0.15, 0.2) is 29.8 Å². The van der Waals surface area contributed by atoms with Crippen molar-refractivity contribution in [2.24, 2.45) is 0 Å². The highest BCUT2D eigenvalue weighted by Gasteiger charge is 2.16. The maximum absolute atomic E-state index is 11.3. The lowest BCUT2D eigenvalue weighted by atomic mass is 10.2. The second-order valence-electron chi connectivity index (χ2n) is 3.39. The van der Waals surface area contributed by atoms with Crippen molar-refractivity contribution in [3.63, 3.8) is 0 Å². The van der Waals surface area contributed by atoms with Crippen LogP contribution in [0.2, 0.25) is 0 Å². The number of allylic oxidation sites excluding steroid dienone is 1. The topological polar surface area (TPSA) is 49.3 Å². The Kier molecular flexibility index (Phi) is 2.00. The quantitative estimate of drug-likeness (QED) is 0.699. The van der Waals surface area contributed by atoms with Crippen LogP contribution in [0.4, 0.5) is 5.69 Å². The van der Waals surface area contributed by atoms with Gasteiger partial charge in [-0.3, -0.25) is 4.79 Å². The molecule has 2 N–H and O–H groups in total. The number of aryl methyl sites for hydroxylation is 1. The number of carbonyl (C=O) groups excluding carboxylic acids is 1. The van der Waals surface area contributed by atoms with Gasteiger partial charge in [-0.25, -0.2) is 0 Å². The fourth-order valence-electron chi connectivity index (χ4n) is 1.18. The van der Waals surface area contributed by atoms with E-state index in [-0.39, 0.29) is 11.7 Å². The van der Waals surface area contributed by atoms with Crippen molar-refractivity contribution < 1.29 is 9.90 Å². The van der Waals surface area contributed by atoms with Gasteiger partial charge in [-0.1, -0.05) is 6.08 Å². The second-order valence-corrected chi connectivity index (χ2v) is 3.39. The minimum atomic E-state index is -0.0462. The molecule has 1 aromatic carbocycles. The molecule has 0 aliphatic heterocycles. The lowest BCUT2D eigenvalue weighted by Crippen LogP contribution is -2.09. The molecule has 72 valence electrons. The van der Waals surface area contributed by atoms with E-state index in [9.17, 15) is 9.90 Å². The Hall–Kier alpha value is -1.77. The van der Waals surface area contributed by atoms with E-state index in [4.69, 9.17) is 0 Å². The van der Waals surface area contributed by atoms with Crippen molar-refractivity contribution >= 4 is 11.6 Å². The van der Waals surface area contributed by atoms with E-state index in [1.807, 2.05) is 6.08 Å². The van der Waals surface area contributed by atoms with Crippen LogP contribution < -0.4 is 5.32 Å². The van der Waals surface area contributed by atoms with Crippen LogP contribution in [-0.2, 0) is 4.79 Å². The third-order valence-electron chi connectivity index (χ3n) is 2.15. The Labute approximate surface area is 82.1 Å². The van der Waals surface area contributed by atoms with Gasteiger partial charge in [0, 0.05) is 11.3 Å². The van der Waals surface area contributed by atoms with E-state index in [2.05, 4.69) is 5.32 Å². The molecular weight excluding hydrogens is 178 g/mol. The summed E-state index contributed by atoms with van der Waals surface area (Å²) in [6.07, 6.45) is 2.67. The Morgan fingerprint density at radius 3 is 2.79 bits per heavy atom. The predicted octanol–water partition coefficient (Wildman–Crippen LogP) is 1.97. The van der Waals surface area contributed by atoms with Gasteiger partial charge in [0.05, 0.1) is 0 Å². The van der Waals surface area contributed by atoms with Gasteiger partial charge in [0.2, 0.25) is 0 Å². The van der Waals surface area contributed by atoms with E-state index in [0.29, 0.717) is 0 Å². The fourth-order valence-corrected chi connectivity index (χ4v) is 1.18. The van der Waals surface area contributed by atoms with Crippen LogP contribution in [0.3, 0.4) is 0 Å². The highest BCUT2D eigenvalue weighted by atomic mass is 16.3. The first-order valence-electron chi connectivity index (χ1n) is 4.47. The molecule has 1 aliphatic rings. The molecule has 1 aromatic rings. The number of nitrogens with one attached hydrogen (secondary N) is 1. The molecule has 3 nitrogen and oxygen atoms in total. The molecule has 0 unspecified atom stereocenters. The summed E-state index contributed by atoms with van der Waals surface area (Å²) in [5.41, 5.74) is 2.31. The van der Waals surface area contributed by atoms with Gasteiger partial charge in [0.15, 0.2) is 0 Å². The molecular formula is C11H11NO2. The van der Waals surface area contributed by atoms with E-state index < -0.39 is 0 Å². The number of phenolic OH excluding ortho intramolecular Hbond substituents is 1. The summed E-state index contributed by atoms with van der Waals surface area (Å²) in [7, 11) is 0. The highest BCUT2D eigenvalue weighted by molar-refractivity contribution is 6.06. The van der Waals surface area contributed by atoms with E-state index >= 15 is 0 Å². The van der Waals surface area contributed by atoms with Gasteiger partial charge in [-0.05, 0) is 37.1 Å². The van der Waals surface area contributed by atoms with Crippen LogP contribution in [0.25, 0.3) is 0 Å². The van der Waals surface area contributed by atoms with E-state index in [0.717, 1.165) is 23.2 Å². The molecule has 0 spiro atoms. The van der Waals surface area contributed by atoms with Gasteiger partial charge >= 0.3 is 0 Å². The highest BCUT2D eigenvalue weighted by Crippen LogP contribution is 2.23. The van der Waals surface area contributed by atoms with Crippen molar-refractivity contribution in [2.45, 2.75) is 13.3 Å². The van der Waals surface area contributed by atoms with Crippen molar-refractivity contribution in [3.05, 3.63) is 35.4 Å². The van der Waals surface area contributed by atoms with Crippen molar-refractivity contribution in [1.29, 1.82) is 0 Å². The maximum atomic E-state index is 11.3. The molecule has 0 aromatic heterocycles. The molecule has 2 rings (SSSR count). The van der Waals surface area contributed by atoms with Gasteiger partial charge in [-0.2, -0.15) is 0 Å². The Balaban J connectivity index is 2.12. The lowest BCUT2D eigenvalue weighted by molar-refractivity contribution is -0.112. The van der Waals surface area contributed by atoms with Crippen LogP contribution in [-0.4, -0.2) is 11.0 Å². The van der Waals surface area contributed by atoms with Crippen LogP contribution in [0, 0.1) is 6.92 Å². The van der Waals surface area contributed by atoms with Crippen LogP contribution >= 0.6 is 0 Å². The average Bonchev–Trinajstić information content (AvgIpc) is 2.94. The molecule has 0 saturated carbocycles. The molecule has 0 radical (unpaired) electrons.